The number of hydrogen-bond acceptors (Lipinski definition) is 11. The Bertz CT molecular complexity index is 1600. The summed E-state index contributed by atoms with van der Waals surface area (Å²) in [5.41, 5.74) is 9.65. The van der Waals surface area contributed by atoms with E-state index in [0.29, 0.717) is 63.6 Å². The Hall–Kier alpha value is -4.62. The van der Waals surface area contributed by atoms with Gasteiger partial charge in [0.15, 0.2) is 0 Å². The molecule has 6 heterocycles. The van der Waals surface area contributed by atoms with Gasteiger partial charge < -0.3 is 30.1 Å². The molecule has 1 aromatic carbocycles. The quantitative estimate of drug-likeness (QED) is 0.460. The summed E-state index contributed by atoms with van der Waals surface area (Å²) < 4.78 is 21.5. The van der Waals surface area contributed by atoms with E-state index >= 15 is 4.39 Å². The highest BCUT2D eigenvalue weighted by Gasteiger charge is 2.40. The number of aliphatic imine (C=N–C) groups is 1. The van der Waals surface area contributed by atoms with Crippen LogP contribution in [0.25, 0.3) is 0 Å². The maximum absolute atomic E-state index is 15.9. The number of nitrogen functional groups attached to an aromatic ring is 1. The van der Waals surface area contributed by atoms with E-state index in [2.05, 4.69) is 35.7 Å². The van der Waals surface area contributed by atoms with Crippen LogP contribution in [-0.2, 0) is 11.3 Å². The summed E-state index contributed by atoms with van der Waals surface area (Å²) in [6, 6.07) is 8.62. The van der Waals surface area contributed by atoms with Crippen molar-refractivity contribution in [3.05, 3.63) is 89.0 Å². The van der Waals surface area contributed by atoms with Crippen molar-refractivity contribution in [2.45, 2.75) is 19.0 Å². The molecule has 0 bridgehead atoms. The minimum atomic E-state index is -0.445. The molecule has 1 amide bonds. The van der Waals surface area contributed by atoms with E-state index in [9.17, 15) is 4.79 Å². The van der Waals surface area contributed by atoms with E-state index in [-0.39, 0.29) is 17.9 Å². The van der Waals surface area contributed by atoms with Crippen LogP contribution in [0.5, 0.6) is 0 Å². The van der Waals surface area contributed by atoms with Gasteiger partial charge >= 0.3 is 0 Å². The molecule has 0 aliphatic carbocycles. The molecule has 7 rings (SSSR count). The second-order valence-corrected chi connectivity index (χ2v) is 11.7. The van der Waals surface area contributed by atoms with Gasteiger partial charge in [-0.2, -0.15) is 4.99 Å². The van der Waals surface area contributed by atoms with Crippen molar-refractivity contribution in [3.63, 3.8) is 0 Å². The lowest BCUT2D eigenvalue weighted by atomic mass is 9.97. The van der Waals surface area contributed by atoms with E-state index in [4.69, 9.17) is 15.5 Å². The van der Waals surface area contributed by atoms with Gasteiger partial charge in [0.05, 0.1) is 24.9 Å². The minimum absolute atomic E-state index is 0.155. The fraction of sp³-hybridized carbons (Fsp3) is 0.406. The van der Waals surface area contributed by atoms with E-state index in [1.165, 1.54) is 6.07 Å². The summed E-state index contributed by atoms with van der Waals surface area (Å²) in [7, 11) is 2.02. The van der Waals surface area contributed by atoms with Crippen LogP contribution in [-0.4, -0.2) is 112 Å². The number of aromatic nitrogens is 3. The second kappa shape index (κ2) is 12.4. The van der Waals surface area contributed by atoms with Crippen LogP contribution in [0.1, 0.15) is 33.9 Å². The topological polar surface area (TPSA) is 120 Å². The van der Waals surface area contributed by atoms with Gasteiger partial charge in [0.1, 0.15) is 11.6 Å². The zero-order valence-corrected chi connectivity index (χ0v) is 25.3. The van der Waals surface area contributed by atoms with E-state index < -0.39 is 5.82 Å². The van der Waals surface area contributed by atoms with Crippen molar-refractivity contribution < 1.29 is 13.9 Å². The number of likely N-dealkylation sites (N-methyl/N-ethyl adjacent to an activating group) is 1. The average molecular weight is 613 g/mol. The number of pyridine rings is 1. The molecule has 45 heavy (non-hydrogen) atoms. The first-order chi connectivity index (χ1) is 22.0. The molecule has 0 saturated carbocycles. The molecule has 2 aromatic heterocycles. The fourth-order valence-corrected chi connectivity index (χ4v) is 6.64. The van der Waals surface area contributed by atoms with Crippen LogP contribution in [0.15, 0.2) is 71.5 Å². The van der Waals surface area contributed by atoms with Gasteiger partial charge in [-0.3, -0.25) is 14.7 Å². The molecule has 2 N–H and O–H groups in total. The zero-order chi connectivity index (χ0) is 30.9. The van der Waals surface area contributed by atoms with Crippen molar-refractivity contribution in [2.24, 2.45) is 4.99 Å². The van der Waals surface area contributed by atoms with Crippen LogP contribution in [0.2, 0.25) is 0 Å². The summed E-state index contributed by atoms with van der Waals surface area (Å²) in [6.45, 7) is 6.69. The lowest BCUT2D eigenvalue weighted by molar-refractivity contribution is 0.0616. The molecule has 3 aromatic rings. The number of morpholine rings is 1. The first-order valence-corrected chi connectivity index (χ1v) is 15.4. The van der Waals surface area contributed by atoms with Crippen LogP contribution in [0, 0.1) is 5.82 Å². The highest BCUT2D eigenvalue weighted by atomic mass is 19.1. The minimum Gasteiger partial charge on any atom is -0.378 e. The normalized spacial score (nSPS) is 20.8. The summed E-state index contributed by atoms with van der Waals surface area (Å²) in [6.07, 6.45) is 7.82. The Morgan fingerprint density at radius 3 is 2.51 bits per heavy atom. The molecular weight excluding hydrogens is 575 g/mol. The number of rotatable bonds is 5. The molecule has 13 heteroatoms. The Morgan fingerprint density at radius 1 is 1.02 bits per heavy atom. The first kappa shape index (κ1) is 29.1. The number of halogens is 1. The van der Waals surface area contributed by atoms with Gasteiger partial charge in [-0.15, -0.1) is 0 Å². The first-order valence-electron chi connectivity index (χ1n) is 15.4. The molecule has 4 aliphatic heterocycles. The van der Waals surface area contributed by atoms with E-state index in [0.717, 1.165) is 48.1 Å². The lowest BCUT2D eigenvalue weighted by Crippen LogP contribution is -2.50. The Kier molecular flexibility index (Phi) is 8.03. The summed E-state index contributed by atoms with van der Waals surface area (Å²) >= 11 is 0. The molecule has 2 fully saturated rings. The molecule has 1 atom stereocenters. The van der Waals surface area contributed by atoms with Crippen molar-refractivity contribution >= 4 is 23.5 Å². The Morgan fingerprint density at radius 2 is 1.80 bits per heavy atom. The number of piperazine rings is 1. The average Bonchev–Trinajstić information content (AvgIpc) is 3.49. The standard InChI is InChI=1S/C32H37FN10O2/c1-39-28(24-19-36-31(34)37-20-24)25-6-8-43(29(25)38-32(39)42-13-15-45-16-14-42)27-5-4-23(17-26(27)33)30(44)41-11-9-40(10-12-41)21-22-3-2-7-35-18-22/h2-5,7,17-20,28H,6,8-16,21H2,1H3,(H2,34,36,37). The number of ether oxygens (including phenoxy) is 1. The molecule has 234 valence electrons. The molecule has 4 aliphatic rings. The van der Waals surface area contributed by atoms with Gasteiger partial charge in [-0.1, -0.05) is 6.07 Å². The van der Waals surface area contributed by atoms with Crippen LogP contribution >= 0.6 is 0 Å². The fourth-order valence-electron chi connectivity index (χ4n) is 6.64. The van der Waals surface area contributed by atoms with Crippen LogP contribution in [0.3, 0.4) is 0 Å². The monoisotopic (exact) mass is 612 g/mol. The number of anilines is 2. The van der Waals surface area contributed by atoms with Crippen molar-refractivity contribution in [1.82, 2.24) is 34.6 Å². The summed E-state index contributed by atoms with van der Waals surface area (Å²) in [5.74, 6) is 1.13. The predicted molar refractivity (Wildman–Crippen MR) is 168 cm³/mol. The largest absolute Gasteiger partial charge is 0.378 e. The van der Waals surface area contributed by atoms with Gasteiger partial charge in [0.2, 0.25) is 11.9 Å². The number of nitrogens with two attached hydrogens (primary N) is 1. The second-order valence-electron chi connectivity index (χ2n) is 11.7. The predicted octanol–water partition coefficient (Wildman–Crippen LogP) is 2.35. The van der Waals surface area contributed by atoms with Gasteiger partial charge in [0.25, 0.3) is 5.91 Å². The molecular formula is C32H37FN10O2. The molecule has 2 saturated heterocycles. The highest BCUT2D eigenvalue weighted by Crippen LogP contribution is 2.43. The number of amides is 1. The zero-order valence-electron chi connectivity index (χ0n) is 25.3. The van der Waals surface area contributed by atoms with Gasteiger partial charge in [-0.05, 0) is 36.2 Å². The molecule has 0 radical (unpaired) electrons. The summed E-state index contributed by atoms with van der Waals surface area (Å²) in [4.78, 5) is 41.6. The van der Waals surface area contributed by atoms with E-state index in [1.54, 1.807) is 35.6 Å². The van der Waals surface area contributed by atoms with Crippen LogP contribution < -0.4 is 10.6 Å². The van der Waals surface area contributed by atoms with Gasteiger partial charge in [0, 0.05) is 101 Å². The van der Waals surface area contributed by atoms with Crippen molar-refractivity contribution in [2.75, 3.05) is 76.7 Å². The van der Waals surface area contributed by atoms with Crippen LogP contribution in [0.4, 0.5) is 16.0 Å². The number of nitrogens with zero attached hydrogens (tertiary/aromatic N) is 9. The lowest BCUT2D eigenvalue weighted by Gasteiger charge is -2.41. The number of carbonyl (C=O) groups excluding carboxylic acids is 1. The van der Waals surface area contributed by atoms with Gasteiger partial charge in [-0.25, -0.2) is 14.4 Å². The number of benzene rings is 1. The number of carbonyl (C=O) groups is 1. The summed E-state index contributed by atoms with van der Waals surface area (Å²) in [5, 5.41) is 0. The highest BCUT2D eigenvalue weighted by molar-refractivity contribution is 5.95. The van der Waals surface area contributed by atoms with Crippen molar-refractivity contribution in [3.8, 4) is 0 Å². The molecule has 12 nitrogen and oxygen atoms in total. The third-order valence-electron chi connectivity index (χ3n) is 8.96. The van der Waals surface area contributed by atoms with Crippen molar-refractivity contribution in [1.29, 1.82) is 0 Å². The smallest absolute Gasteiger partial charge is 0.254 e. The number of hydrogen-bond donors (Lipinski definition) is 1. The number of guanidine groups is 1. The SMILES string of the molecule is CN1C(N2CCOCC2)=NC2=C(CCN2c2ccc(C(=O)N3CCN(Cc4cccnc4)CC3)cc2F)C1c1cnc(N)nc1. The van der Waals surface area contributed by atoms with E-state index in [1.807, 2.05) is 24.2 Å². The maximum Gasteiger partial charge on any atom is 0.254 e. The third-order valence-corrected chi connectivity index (χ3v) is 8.96. The third kappa shape index (κ3) is 5.80. The molecule has 1 unspecified atom stereocenters. The maximum atomic E-state index is 15.9. The Labute approximate surface area is 261 Å². The Balaban J connectivity index is 1.11. The molecule has 0 spiro atoms.